The Morgan fingerprint density at radius 2 is 1.50 bits per heavy atom. The van der Waals surface area contributed by atoms with E-state index in [9.17, 15) is 22.4 Å². The number of carbonyl (C=O) groups is 2. The lowest BCUT2D eigenvalue weighted by atomic mass is 10.3. The topological polar surface area (TPSA) is 92.3 Å². The Morgan fingerprint density at radius 3 is 2.12 bits per heavy atom. The second kappa shape index (κ2) is 8.48. The van der Waals surface area contributed by atoms with Crippen LogP contribution in [0.25, 0.3) is 0 Å². The minimum atomic E-state index is -4.03. The molecule has 0 fully saturated rings. The van der Waals surface area contributed by atoms with Crippen molar-refractivity contribution in [1.82, 2.24) is 0 Å². The van der Waals surface area contributed by atoms with Crippen LogP contribution in [-0.2, 0) is 19.4 Å². The first-order valence-corrected chi connectivity index (χ1v) is 9.73. The maximum absolute atomic E-state index is 12.8. The van der Waals surface area contributed by atoms with E-state index in [1.54, 1.807) is 0 Å². The number of nitrogens with one attached hydrogen (secondary N) is 2. The van der Waals surface area contributed by atoms with Crippen molar-refractivity contribution in [2.75, 3.05) is 22.1 Å². The summed E-state index contributed by atoms with van der Waals surface area (Å²) in [6, 6.07) is 9.13. The van der Waals surface area contributed by atoms with Crippen LogP contribution >= 0.6 is 23.2 Å². The van der Waals surface area contributed by atoms with Crippen molar-refractivity contribution in [2.45, 2.75) is 0 Å². The predicted molar refractivity (Wildman–Crippen MR) is 98.8 cm³/mol. The van der Waals surface area contributed by atoms with Gasteiger partial charge in [0.2, 0.25) is 11.8 Å². The standard InChI is InChI=1S/C16H13Cl2FN2O4S/c17-10-1-6-13(18)14(7-10)21-16(23)9-26(24,25)8-15(22)20-12-4-2-11(19)3-5-12/h1-7H,8-9H2,(H,20,22)(H,21,23). The molecule has 0 bridgehead atoms. The van der Waals surface area contributed by atoms with E-state index >= 15 is 0 Å². The Labute approximate surface area is 159 Å². The molecular weight excluding hydrogens is 406 g/mol. The maximum Gasteiger partial charge on any atom is 0.239 e. The number of sulfone groups is 1. The molecule has 0 aromatic heterocycles. The molecule has 2 rings (SSSR count). The van der Waals surface area contributed by atoms with Gasteiger partial charge < -0.3 is 10.6 Å². The summed E-state index contributed by atoms with van der Waals surface area (Å²) >= 11 is 11.7. The molecule has 0 radical (unpaired) electrons. The van der Waals surface area contributed by atoms with Crippen LogP contribution in [0, 0.1) is 5.82 Å². The zero-order valence-electron chi connectivity index (χ0n) is 13.1. The minimum absolute atomic E-state index is 0.162. The minimum Gasteiger partial charge on any atom is -0.325 e. The molecule has 0 spiro atoms. The SMILES string of the molecule is O=C(CS(=O)(=O)CC(=O)Nc1cc(Cl)ccc1Cl)Nc1ccc(F)cc1. The van der Waals surface area contributed by atoms with Gasteiger partial charge in [-0.2, -0.15) is 0 Å². The van der Waals surface area contributed by atoms with E-state index in [-0.39, 0.29) is 16.4 Å². The summed E-state index contributed by atoms with van der Waals surface area (Å²) in [6.45, 7) is 0. The fourth-order valence-corrected chi connectivity index (χ4v) is 3.34. The zero-order valence-corrected chi connectivity index (χ0v) is 15.5. The first-order valence-electron chi connectivity index (χ1n) is 7.15. The van der Waals surface area contributed by atoms with Gasteiger partial charge in [0.25, 0.3) is 0 Å². The zero-order chi connectivity index (χ0) is 19.3. The van der Waals surface area contributed by atoms with Crippen LogP contribution in [-0.4, -0.2) is 31.7 Å². The molecule has 0 saturated carbocycles. The molecule has 0 aliphatic heterocycles. The van der Waals surface area contributed by atoms with E-state index in [0.717, 1.165) is 12.1 Å². The third kappa shape index (κ3) is 6.29. The number of anilines is 2. The smallest absolute Gasteiger partial charge is 0.239 e. The van der Waals surface area contributed by atoms with Crippen molar-refractivity contribution in [2.24, 2.45) is 0 Å². The second-order valence-electron chi connectivity index (χ2n) is 5.26. The largest absolute Gasteiger partial charge is 0.325 e. The molecule has 0 aliphatic rings. The van der Waals surface area contributed by atoms with Gasteiger partial charge in [-0.1, -0.05) is 23.2 Å². The van der Waals surface area contributed by atoms with Gasteiger partial charge in [-0.25, -0.2) is 12.8 Å². The fourth-order valence-electron chi connectivity index (χ4n) is 1.96. The van der Waals surface area contributed by atoms with E-state index in [4.69, 9.17) is 23.2 Å². The van der Waals surface area contributed by atoms with Crippen LogP contribution in [0.1, 0.15) is 0 Å². The van der Waals surface area contributed by atoms with Gasteiger partial charge in [0.05, 0.1) is 10.7 Å². The Kier molecular flexibility index (Phi) is 6.57. The van der Waals surface area contributed by atoms with Crippen LogP contribution in [0.2, 0.25) is 10.0 Å². The second-order valence-corrected chi connectivity index (χ2v) is 8.17. The van der Waals surface area contributed by atoms with Gasteiger partial charge in [0.15, 0.2) is 9.84 Å². The first-order chi connectivity index (χ1) is 12.1. The highest BCUT2D eigenvalue weighted by Crippen LogP contribution is 2.25. The summed E-state index contributed by atoms with van der Waals surface area (Å²) < 4.78 is 36.8. The first kappa shape index (κ1) is 20.2. The fraction of sp³-hybridized carbons (Fsp3) is 0.125. The predicted octanol–water partition coefficient (Wildman–Crippen LogP) is 3.12. The number of hydrogen-bond acceptors (Lipinski definition) is 4. The van der Waals surface area contributed by atoms with Gasteiger partial charge in [-0.3, -0.25) is 9.59 Å². The summed E-state index contributed by atoms with van der Waals surface area (Å²) in [5.41, 5.74) is 0.400. The molecular formula is C16H13Cl2FN2O4S. The van der Waals surface area contributed by atoms with Crippen LogP contribution in [0.3, 0.4) is 0 Å². The molecule has 10 heteroatoms. The molecule has 0 atom stereocenters. The van der Waals surface area contributed by atoms with Crippen molar-refractivity contribution < 1.29 is 22.4 Å². The molecule has 2 aromatic carbocycles. The molecule has 2 amide bonds. The lowest BCUT2D eigenvalue weighted by Crippen LogP contribution is -2.30. The highest BCUT2D eigenvalue weighted by Gasteiger charge is 2.21. The lowest BCUT2D eigenvalue weighted by molar-refractivity contribution is -0.114. The molecule has 138 valence electrons. The van der Waals surface area contributed by atoms with E-state index in [0.29, 0.717) is 5.02 Å². The van der Waals surface area contributed by atoms with Crippen molar-refractivity contribution in [3.8, 4) is 0 Å². The average molecular weight is 419 g/mol. The van der Waals surface area contributed by atoms with Gasteiger partial charge in [-0.15, -0.1) is 0 Å². The molecule has 0 heterocycles. The molecule has 0 saturated heterocycles. The van der Waals surface area contributed by atoms with E-state index < -0.39 is 39.0 Å². The number of hydrogen-bond donors (Lipinski definition) is 2. The molecule has 6 nitrogen and oxygen atoms in total. The maximum atomic E-state index is 12.8. The van der Waals surface area contributed by atoms with Crippen molar-refractivity contribution in [3.63, 3.8) is 0 Å². The number of benzene rings is 2. The lowest BCUT2D eigenvalue weighted by Gasteiger charge is -2.09. The molecule has 0 aliphatic carbocycles. The molecule has 26 heavy (non-hydrogen) atoms. The molecule has 2 aromatic rings. The Morgan fingerprint density at radius 1 is 0.923 bits per heavy atom. The summed E-state index contributed by atoms with van der Waals surface area (Å²) in [5, 5.41) is 5.14. The summed E-state index contributed by atoms with van der Waals surface area (Å²) in [6.07, 6.45) is 0. The van der Waals surface area contributed by atoms with Crippen molar-refractivity contribution in [3.05, 3.63) is 58.3 Å². The van der Waals surface area contributed by atoms with E-state index in [2.05, 4.69) is 10.6 Å². The van der Waals surface area contributed by atoms with Crippen LogP contribution < -0.4 is 10.6 Å². The van der Waals surface area contributed by atoms with Gasteiger partial charge in [-0.05, 0) is 42.5 Å². The Bertz CT molecular complexity index is 934. The average Bonchev–Trinajstić information content (AvgIpc) is 2.52. The van der Waals surface area contributed by atoms with Crippen molar-refractivity contribution >= 4 is 56.2 Å². The molecule has 0 unspecified atom stereocenters. The third-order valence-electron chi connectivity index (χ3n) is 3.03. The number of rotatable bonds is 6. The quantitative estimate of drug-likeness (QED) is 0.753. The summed E-state index contributed by atoms with van der Waals surface area (Å²) in [5.74, 6) is -4.01. The molecule has 2 N–H and O–H groups in total. The Hall–Kier alpha value is -2.16. The van der Waals surface area contributed by atoms with Crippen LogP contribution in [0.15, 0.2) is 42.5 Å². The van der Waals surface area contributed by atoms with Gasteiger partial charge in [0.1, 0.15) is 17.3 Å². The van der Waals surface area contributed by atoms with Crippen molar-refractivity contribution in [1.29, 1.82) is 0 Å². The summed E-state index contributed by atoms with van der Waals surface area (Å²) in [7, 11) is -4.03. The van der Waals surface area contributed by atoms with Crippen LogP contribution in [0.5, 0.6) is 0 Å². The highest BCUT2D eigenvalue weighted by molar-refractivity contribution is 7.92. The van der Waals surface area contributed by atoms with E-state index in [1.165, 1.54) is 30.3 Å². The van der Waals surface area contributed by atoms with Crippen LogP contribution in [0.4, 0.5) is 15.8 Å². The highest BCUT2D eigenvalue weighted by atomic mass is 35.5. The number of carbonyl (C=O) groups excluding carboxylic acids is 2. The number of amides is 2. The normalized spacial score (nSPS) is 11.0. The van der Waals surface area contributed by atoms with Gasteiger partial charge in [0, 0.05) is 10.7 Å². The summed E-state index contributed by atoms with van der Waals surface area (Å²) in [4.78, 5) is 23.7. The number of halogens is 3. The third-order valence-corrected chi connectivity index (χ3v) is 5.00. The Balaban J connectivity index is 1.94. The monoisotopic (exact) mass is 418 g/mol. The van der Waals surface area contributed by atoms with Gasteiger partial charge >= 0.3 is 0 Å². The van der Waals surface area contributed by atoms with E-state index in [1.807, 2.05) is 0 Å².